The molecule has 0 aliphatic carbocycles. The molecule has 0 radical (unpaired) electrons. The first kappa shape index (κ1) is 25.1. The average molecular weight is 454 g/mol. The minimum Gasteiger partial charge on any atom is -0.496 e. The SMILES string of the molecule is CCCNC(=O)NCCCCC(NC(=O)c1cc(Cl)c(N)cc1OC)C1CCNCC1. The number of nitrogens with one attached hydrogen (secondary N) is 4. The lowest BCUT2D eigenvalue weighted by molar-refractivity contribution is 0.0907. The molecule has 1 aromatic rings. The minimum atomic E-state index is -0.209. The average Bonchev–Trinajstić information content (AvgIpc) is 2.78. The van der Waals surface area contributed by atoms with E-state index in [0.717, 1.165) is 51.6 Å². The first-order valence-corrected chi connectivity index (χ1v) is 11.5. The number of halogens is 1. The predicted molar refractivity (Wildman–Crippen MR) is 125 cm³/mol. The first-order valence-electron chi connectivity index (χ1n) is 11.1. The van der Waals surface area contributed by atoms with Crippen LogP contribution in [0.25, 0.3) is 0 Å². The molecule has 1 fully saturated rings. The second kappa shape index (κ2) is 13.3. The maximum Gasteiger partial charge on any atom is 0.314 e. The Morgan fingerprint density at radius 1 is 1.23 bits per heavy atom. The standard InChI is InChI=1S/C22H36ClN5O3/c1-3-9-26-22(30)27-10-5-4-6-19(15-7-11-25-12-8-15)28-21(29)16-13-17(23)18(24)14-20(16)31-2/h13-15,19,25H,3-12,24H2,1-2H3,(H,28,29)(H2,26,27,30). The molecule has 1 saturated heterocycles. The van der Waals surface area contributed by atoms with Crippen LogP contribution in [0.3, 0.4) is 0 Å². The van der Waals surface area contributed by atoms with E-state index in [2.05, 4.69) is 21.3 Å². The molecule has 1 heterocycles. The van der Waals surface area contributed by atoms with Crippen LogP contribution in [0.15, 0.2) is 12.1 Å². The summed E-state index contributed by atoms with van der Waals surface area (Å²) in [5, 5.41) is 12.6. The first-order chi connectivity index (χ1) is 15.0. The molecule has 0 saturated carbocycles. The van der Waals surface area contributed by atoms with E-state index in [1.165, 1.54) is 7.11 Å². The summed E-state index contributed by atoms with van der Waals surface area (Å²) in [6, 6.07) is 3.05. The summed E-state index contributed by atoms with van der Waals surface area (Å²) in [5.74, 6) is 0.603. The van der Waals surface area contributed by atoms with E-state index in [1.807, 2.05) is 6.92 Å². The monoisotopic (exact) mass is 453 g/mol. The third-order valence-corrected chi connectivity index (χ3v) is 5.92. The van der Waals surface area contributed by atoms with Crippen molar-refractivity contribution in [3.05, 3.63) is 22.7 Å². The number of unbranched alkanes of at least 4 members (excludes halogenated alkanes) is 1. The van der Waals surface area contributed by atoms with E-state index in [-0.39, 0.29) is 18.0 Å². The van der Waals surface area contributed by atoms with Crippen LogP contribution in [0.2, 0.25) is 5.02 Å². The highest BCUT2D eigenvalue weighted by Crippen LogP contribution is 2.29. The summed E-state index contributed by atoms with van der Waals surface area (Å²) in [5.41, 5.74) is 6.60. The number of nitrogens with two attached hydrogens (primary N) is 1. The van der Waals surface area contributed by atoms with Gasteiger partial charge in [-0.25, -0.2) is 4.79 Å². The molecule has 2 rings (SSSR count). The molecular formula is C22H36ClN5O3. The summed E-state index contributed by atoms with van der Waals surface area (Å²) >= 11 is 6.14. The molecule has 0 aromatic heterocycles. The Morgan fingerprint density at radius 3 is 2.61 bits per heavy atom. The van der Waals surface area contributed by atoms with Gasteiger partial charge in [-0.3, -0.25) is 4.79 Å². The van der Waals surface area contributed by atoms with Crippen LogP contribution < -0.4 is 31.7 Å². The number of nitrogen functional groups attached to an aromatic ring is 1. The largest absolute Gasteiger partial charge is 0.496 e. The molecule has 1 aliphatic rings. The summed E-state index contributed by atoms with van der Waals surface area (Å²) in [7, 11) is 1.51. The Labute approximate surface area is 190 Å². The van der Waals surface area contributed by atoms with Crippen LogP contribution in [0.1, 0.15) is 55.8 Å². The number of carbonyl (C=O) groups excluding carboxylic acids is 2. The van der Waals surface area contributed by atoms with E-state index in [4.69, 9.17) is 22.1 Å². The molecule has 1 atom stereocenters. The van der Waals surface area contributed by atoms with Gasteiger partial charge in [0, 0.05) is 25.2 Å². The maximum atomic E-state index is 13.0. The molecule has 1 unspecified atom stereocenters. The van der Waals surface area contributed by atoms with Gasteiger partial charge in [0.1, 0.15) is 5.75 Å². The third-order valence-electron chi connectivity index (χ3n) is 5.60. The quantitative estimate of drug-likeness (QED) is 0.261. The van der Waals surface area contributed by atoms with Crippen molar-refractivity contribution >= 4 is 29.2 Å². The summed E-state index contributed by atoms with van der Waals surface area (Å²) in [4.78, 5) is 24.7. The Bertz CT molecular complexity index is 725. The van der Waals surface area contributed by atoms with Gasteiger partial charge in [0.25, 0.3) is 5.91 Å². The Balaban J connectivity index is 1.95. The van der Waals surface area contributed by atoms with Crippen LogP contribution in [-0.2, 0) is 0 Å². The van der Waals surface area contributed by atoms with Crippen molar-refractivity contribution in [1.29, 1.82) is 0 Å². The highest BCUT2D eigenvalue weighted by atomic mass is 35.5. The second-order valence-corrected chi connectivity index (χ2v) is 8.33. The van der Waals surface area contributed by atoms with Gasteiger partial charge < -0.3 is 31.7 Å². The molecule has 0 bridgehead atoms. The van der Waals surface area contributed by atoms with Crippen molar-refractivity contribution in [2.24, 2.45) is 5.92 Å². The van der Waals surface area contributed by atoms with Crippen molar-refractivity contribution in [3.63, 3.8) is 0 Å². The van der Waals surface area contributed by atoms with Gasteiger partial charge in [-0.1, -0.05) is 18.5 Å². The smallest absolute Gasteiger partial charge is 0.314 e. The van der Waals surface area contributed by atoms with Crippen molar-refractivity contribution < 1.29 is 14.3 Å². The number of benzene rings is 1. The number of ether oxygens (including phenoxy) is 1. The highest BCUT2D eigenvalue weighted by molar-refractivity contribution is 6.33. The van der Waals surface area contributed by atoms with E-state index >= 15 is 0 Å². The lowest BCUT2D eigenvalue weighted by Crippen LogP contribution is -2.44. The van der Waals surface area contributed by atoms with Crippen molar-refractivity contribution in [1.82, 2.24) is 21.3 Å². The molecule has 9 heteroatoms. The third kappa shape index (κ3) is 8.10. The second-order valence-electron chi connectivity index (χ2n) is 7.92. The van der Waals surface area contributed by atoms with Gasteiger partial charge in [0.2, 0.25) is 0 Å². The van der Waals surface area contributed by atoms with E-state index in [9.17, 15) is 9.59 Å². The lowest BCUT2D eigenvalue weighted by atomic mass is 9.87. The molecule has 0 spiro atoms. The normalized spacial score (nSPS) is 15.2. The maximum absolute atomic E-state index is 13.0. The van der Waals surface area contributed by atoms with Crippen LogP contribution in [0.5, 0.6) is 5.75 Å². The van der Waals surface area contributed by atoms with Gasteiger partial charge in [-0.2, -0.15) is 0 Å². The molecule has 174 valence electrons. The molecule has 8 nitrogen and oxygen atoms in total. The fourth-order valence-electron chi connectivity index (χ4n) is 3.83. The van der Waals surface area contributed by atoms with E-state index in [1.54, 1.807) is 12.1 Å². The lowest BCUT2D eigenvalue weighted by Gasteiger charge is -2.31. The minimum absolute atomic E-state index is 0.0459. The van der Waals surface area contributed by atoms with Crippen molar-refractivity contribution in [3.8, 4) is 5.75 Å². The molecule has 6 N–H and O–H groups in total. The number of anilines is 1. The molecule has 1 aromatic carbocycles. The predicted octanol–water partition coefficient (Wildman–Crippen LogP) is 2.91. The summed E-state index contributed by atoms with van der Waals surface area (Å²) in [6.45, 7) is 5.21. The van der Waals surface area contributed by atoms with E-state index in [0.29, 0.717) is 41.0 Å². The zero-order valence-electron chi connectivity index (χ0n) is 18.6. The molecule has 3 amide bonds. The van der Waals surface area contributed by atoms with Gasteiger partial charge in [0.05, 0.1) is 23.4 Å². The van der Waals surface area contributed by atoms with Crippen molar-refractivity contribution in [2.45, 2.75) is 51.5 Å². The molecule has 31 heavy (non-hydrogen) atoms. The Hall–Kier alpha value is -2.19. The van der Waals surface area contributed by atoms with E-state index < -0.39 is 0 Å². The number of amides is 3. The van der Waals surface area contributed by atoms with Gasteiger partial charge >= 0.3 is 6.03 Å². The summed E-state index contributed by atoms with van der Waals surface area (Å²) in [6.07, 6.45) is 5.55. The summed E-state index contributed by atoms with van der Waals surface area (Å²) < 4.78 is 5.34. The number of urea groups is 1. The number of piperidine rings is 1. The van der Waals surface area contributed by atoms with Crippen LogP contribution >= 0.6 is 11.6 Å². The Morgan fingerprint density at radius 2 is 1.94 bits per heavy atom. The number of carbonyl (C=O) groups is 2. The fourth-order valence-corrected chi connectivity index (χ4v) is 3.99. The Kier molecular flexibility index (Phi) is 10.7. The molecule has 1 aliphatic heterocycles. The number of rotatable bonds is 11. The highest BCUT2D eigenvalue weighted by Gasteiger charge is 2.26. The number of hydrogen-bond donors (Lipinski definition) is 5. The topological polar surface area (TPSA) is 118 Å². The zero-order valence-corrected chi connectivity index (χ0v) is 19.3. The number of hydrogen-bond acceptors (Lipinski definition) is 5. The van der Waals surface area contributed by atoms with Crippen LogP contribution in [0.4, 0.5) is 10.5 Å². The van der Waals surface area contributed by atoms with Crippen LogP contribution in [-0.4, -0.2) is 51.3 Å². The fraction of sp³-hybridized carbons (Fsp3) is 0.636. The van der Waals surface area contributed by atoms with Crippen LogP contribution in [0, 0.1) is 5.92 Å². The van der Waals surface area contributed by atoms with Crippen molar-refractivity contribution in [2.75, 3.05) is 39.0 Å². The number of methoxy groups -OCH3 is 1. The van der Waals surface area contributed by atoms with Gasteiger partial charge in [0.15, 0.2) is 0 Å². The zero-order chi connectivity index (χ0) is 22.6. The van der Waals surface area contributed by atoms with Gasteiger partial charge in [-0.05, 0) is 63.6 Å². The van der Waals surface area contributed by atoms with Gasteiger partial charge in [-0.15, -0.1) is 0 Å². The molecular weight excluding hydrogens is 418 g/mol.